The minimum Gasteiger partial charge on any atom is -0.480 e. The van der Waals surface area contributed by atoms with Crippen molar-refractivity contribution in [2.24, 2.45) is 0 Å². The van der Waals surface area contributed by atoms with Crippen molar-refractivity contribution in [1.29, 1.82) is 0 Å². The van der Waals surface area contributed by atoms with Gasteiger partial charge in [-0.1, -0.05) is 12.1 Å². The van der Waals surface area contributed by atoms with Gasteiger partial charge in [0.25, 0.3) is 0 Å². The lowest BCUT2D eigenvalue weighted by atomic mass is 10.1. The molecule has 0 spiro atoms. The normalized spacial score (nSPS) is 19.5. The molecule has 1 aromatic carbocycles. The lowest BCUT2D eigenvalue weighted by Gasteiger charge is -2.32. The highest BCUT2D eigenvalue weighted by Gasteiger charge is 2.28. The maximum atomic E-state index is 11.3. The molecule has 1 aromatic heterocycles. The quantitative estimate of drug-likeness (QED) is 0.934. The molecule has 110 valence electrons. The van der Waals surface area contributed by atoms with Gasteiger partial charge in [-0.05, 0) is 23.8 Å². The smallest absolute Gasteiger partial charge is 0.321 e. The van der Waals surface area contributed by atoms with Gasteiger partial charge in [0.1, 0.15) is 6.04 Å². The van der Waals surface area contributed by atoms with E-state index in [1.54, 1.807) is 22.6 Å². The summed E-state index contributed by atoms with van der Waals surface area (Å²) in [6, 6.07) is 9.61. The highest BCUT2D eigenvalue weighted by Crippen LogP contribution is 2.20. The SMILES string of the molecule is O=C(O)C1CSCCN1Cc1ccc(-n2cccn2)cc1. The lowest BCUT2D eigenvalue weighted by molar-refractivity contribution is -0.142. The minimum atomic E-state index is -0.727. The molecular formula is C15H17N3O2S. The van der Waals surface area contributed by atoms with Crippen molar-refractivity contribution in [1.82, 2.24) is 14.7 Å². The molecular weight excluding hydrogens is 286 g/mol. The highest BCUT2D eigenvalue weighted by atomic mass is 32.2. The fraction of sp³-hybridized carbons (Fsp3) is 0.333. The summed E-state index contributed by atoms with van der Waals surface area (Å²) in [6.07, 6.45) is 3.65. The second-order valence-corrected chi connectivity index (χ2v) is 6.17. The van der Waals surface area contributed by atoms with Crippen molar-refractivity contribution < 1.29 is 9.90 Å². The van der Waals surface area contributed by atoms with Crippen LogP contribution in [-0.4, -0.2) is 49.8 Å². The molecule has 1 N–H and O–H groups in total. The van der Waals surface area contributed by atoms with Gasteiger partial charge in [-0.15, -0.1) is 0 Å². The number of benzene rings is 1. The number of aliphatic carboxylic acids is 1. The summed E-state index contributed by atoms with van der Waals surface area (Å²) in [6.45, 7) is 1.50. The predicted octanol–water partition coefficient (Wildman–Crippen LogP) is 1.87. The molecule has 1 saturated heterocycles. The van der Waals surface area contributed by atoms with Gasteiger partial charge < -0.3 is 5.11 Å². The standard InChI is InChI=1S/C15H17N3O2S/c19-15(20)14-11-21-9-8-17(14)10-12-2-4-13(5-3-12)18-7-1-6-16-18/h1-7,14H,8-11H2,(H,19,20). The van der Waals surface area contributed by atoms with E-state index in [0.29, 0.717) is 12.3 Å². The Morgan fingerprint density at radius 3 is 2.86 bits per heavy atom. The molecule has 1 atom stereocenters. The summed E-state index contributed by atoms with van der Waals surface area (Å²) in [5.41, 5.74) is 2.14. The van der Waals surface area contributed by atoms with Crippen LogP contribution in [0.5, 0.6) is 0 Å². The van der Waals surface area contributed by atoms with Crippen molar-refractivity contribution >= 4 is 17.7 Å². The zero-order valence-corrected chi connectivity index (χ0v) is 12.4. The van der Waals surface area contributed by atoms with Gasteiger partial charge in [0, 0.05) is 37.0 Å². The second-order valence-electron chi connectivity index (χ2n) is 5.02. The maximum Gasteiger partial charge on any atom is 0.321 e. The van der Waals surface area contributed by atoms with E-state index in [2.05, 4.69) is 5.10 Å². The molecule has 0 radical (unpaired) electrons. The van der Waals surface area contributed by atoms with Crippen LogP contribution in [0.1, 0.15) is 5.56 Å². The van der Waals surface area contributed by atoms with Crippen molar-refractivity contribution in [2.75, 3.05) is 18.1 Å². The molecule has 21 heavy (non-hydrogen) atoms. The van der Waals surface area contributed by atoms with Gasteiger partial charge in [0.15, 0.2) is 0 Å². The molecule has 1 aliphatic rings. The van der Waals surface area contributed by atoms with Crippen LogP contribution in [-0.2, 0) is 11.3 Å². The number of carboxylic acid groups (broad SMARTS) is 1. The molecule has 0 saturated carbocycles. The molecule has 1 aliphatic heterocycles. The number of carboxylic acids is 1. The first-order valence-electron chi connectivity index (χ1n) is 6.87. The molecule has 1 unspecified atom stereocenters. The van der Waals surface area contributed by atoms with Crippen molar-refractivity contribution in [2.45, 2.75) is 12.6 Å². The molecule has 2 heterocycles. The van der Waals surface area contributed by atoms with Gasteiger partial charge in [-0.3, -0.25) is 9.69 Å². The molecule has 5 nitrogen and oxygen atoms in total. The molecule has 3 rings (SSSR count). The van der Waals surface area contributed by atoms with Gasteiger partial charge in [0.2, 0.25) is 0 Å². The topological polar surface area (TPSA) is 58.4 Å². The summed E-state index contributed by atoms with van der Waals surface area (Å²) in [5.74, 6) is 0.936. The van der Waals surface area contributed by atoms with Crippen LogP contribution >= 0.6 is 11.8 Å². The van der Waals surface area contributed by atoms with E-state index in [9.17, 15) is 9.90 Å². The first-order chi connectivity index (χ1) is 10.2. The van der Waals surface area contributed by atoms with Crippen LogP contribution in [0.2, 0.25) is 0 Å². The fourth-order valence-electron chi connectivity index (χ4n) is 2.46. The Kier molecular flexibility index (Phi) is 4.26. The van der Waals surface area contributed by atoms with E-state index >= 15 is 0 Å². The Balaban J connectivity index is 1.71. The average molecular weight is 303 g/mol. The largest absolute Gasteiger partial charge is 0.480 e. The van der Waals surface area contributed by atoms with Crippen LogP contribution in [0.3, 0.4) is 0 Å². The van der Waals surface area contributed by atoms with Crippen molar-refractivity contribution in [3.63, 3.8) is 0 Å². The molecule has 0 aliphatic carbocycles. The van der Waals surface area contributed by atoms with Crippen LogP contribution in [0.15, 0.2) is 42.7 Å². The number of hydrogen-bond acceptors (Lipinski definition) is 4. The number of hydrogen-bond donors (Lipinski definition) is 1. The monoisotopic (exact) mass is 303 g/mol. The predicted molar refractivity (Wildman–Crippen MR) is 82.7 cm³/mol. The summed E-state index contributed by atoms with van der Waals surface area (Å²) in [5, 5.41) is 13.5. The molecule has 1 fully saturated rings. The Labute approximate surface area is 127 Å². The number of thioether (sulfide) groups is 1. The van der Waals surface area contributed by atoms with E-state index in [0.717, 1.165) is 23.5 Å². The van der Waals surface area contributed by atoms with E-state index in [-0.39, 0.29) is 6.04 Å². The molecule has 2 aromatic rings. The third-order valence-corrected chi connectivity index (χ3v) is 4.64. The van der Waals surface area contributed by atoms with Crippen LogP contribution < -0.4 is 0 Å². The third-order valence-electron chi connectivity index (χ3n) is 3.62. The number of aromatic nitrogens is 2. The van der Waals surface area contributed by atoms with Gasteiger partial charge in [0.05, 0.1) is 5.69 Å². The lowest BCUT2D eigenvalue weighted by Crippen LogP contribution is -2.46. The second kappa shape index (κ2) is 6.32. The van der Waals surface area contributed by atoms with Crippen molar-refractivity contribution in [3.8, 4) is 5.69 Å². The number of carbonyl (C=O) groups is 1. The Morgan fingerprint density at radius 1 is 1.38 bits per heavy atom. The van der Waals surface area contributed by atoms with Crippen molar-refractivity contribution in [3.05, 3.63) is 48.3 Å². The van der Waals surface area contributed by atoms with Crippen LogP contribution in [0.25, 0.3) is 5.69 Å². The zero-order valence-electron chi connectivity index (χ0n) is 11.6. The Morgan fingerprint density at radius 2 is 2.19 bits per heavy atom. The third kappa shape index (κ3) is 3.28. The summed E-state index contributed by atoms with van der Waals surface area (Å²) in [7, 11) is 0. The highest BCUT2D eigenvalue weighted by molar-refractivity contribution is 7.99. The van der Waals surface area contributed by atoms with Gasteiger partial charge >= 0.3 is 5.97 Å². The Bertz CT molecular complexity index is 598. The number of rotatable bonds is 4. The summed E-state index contributed by atoms with van der Waals surface area (Å²) >= 11 is 1.71. The first-order valence-corrected chi connectivity index (χ1v) is 8.03. The van der Waals surface area contributed by atoms with E-state index in [1.807, 2.05) is 41.4 Å². The minimum absolute atomic E-state index is 0.380. The van der Waals surface area contributed by atoms with E-state index < -0.39 is 5.97 Å². The Hall–Kier alpha value is -1.79. The zero-order chi connectivity index (χ0) is 14.7. The summed E-state index contributed by atoms with van der Waals surface area (Å²) < 4.78 is 1.81. The number of nitrogens with zero attached hydrogens (tertiary/aromatic N) is 3. The average Bonchev–Trinajstić information content (AvgIpc) is 3.03. The van der Waals surface area contributed by atoms with Crippen LogP contribution in [0.4, 0.5) is 0 Å². The first kappa shape index (κ1) is 14.2. The molecule has 0 amide bonds. The molecule has 6 heteroatoms. The molecule has 0 bridgehead atoms. The van der Waals surface area contributed by atoms with E-state index in [1.165, 1.54) is 0 Å². The van der Waals surface area contributed by atoms with Crippen LogP contribution in [0, 0.1) is 0 Å². The van der Waals surface area contributed by atoms with Gasteiger partial charge in [-0.25, -0.2) is 4.68 Å². The van der Waals surface area contributed by atoms with Gasteiger partial charge in [-0.2, -0.15) is 16.9 Å². The summed E-state index contributed by atoms with van der Waals surface area (Å²) in [4.78, 5) is 13.3. The van der Waals surface area contributed by atoms with E-state index in [4.69, 9.17) is 0 Å². The fourth-order valence-corrected chi connectivity index (χ4v) is 3.57. The maximum absolute atomic E-state index is 11.3.